The average molecular weight is 433 g/mol. The van der Waals surface area contributed by atoms with Crippen molar-refractivity contribution in [2.24, 2.45) is 0 Å². The molecule has 148 valence electrons. The third kappa shape index (κ3) is 3.51. The van der Waals surface area contributed by atoms with Gasteiger partial charge in [0.25, 0.3) is 5.56 Å². The Morgan fingerprint density at radius 1 is 1.14 bits per heavy atom. The molecule has 0 spiro atoms. The molecule has 0 unspecified atom stereocenters. The molecule has 3 aromatic heterocycles. The number of H-pyrrole nitrogens is 1. The highest BCUT2D eigenvalue weighted by molar-refractivity contribution is 7.71. The summed E-state index contributed by atoms with van der Waals surface area (Å²) < 4.78 is 43.0. The number of benzene rings is 1. The minimum atomic E-state index is -4.73. The minimum absolute atomic E-state index is 0.0202. The molecule has 4 aromatic rings. The SMILES string of the molecule is Cc1cccc(-n2c(=S)[nH]c(=O)c3c(C(F)(F)F)cc(-c4ccc(C)s4)nc32)c1. The zero-order chi connectivity index (χ0) is 20.9. The lowest BCUT2D eigenvalue weighted by Crippen LogP contribution is -2.20. The van der Waals surface area contributed by atoms with Gasteiger partial charge in [0.2, 0.25) is 0 Å². The van der Waals surface area contributed by atoms with Gasteiger partial charge in [0.1, 0.15) is 0 Å². The van der Waals surface area contributed by atoms with E-state index in [1.54, 1.807) is 24.3 Å². The van der Waals surface area contributed by atoms with Crippen LogP contribution in [0.4, 0.5) is 13.2 Å². The van der Waals surface area contributed by atoms with Crippen molar-refractivity contribution in [2.45, 2.75) is 20.0 Å². The van der Waals surface area contributed by atoms with Gasteiger partial charge in [-0.25, -0.2) is 4.98 Å². The van der Waals surface area contributed by atoms with E-state index in [1.807, 2.05) is 26.0 Å². The molecule has 0 fully saturated rings. The third-order valence-corrected chi connectivity index (χ3v) is 5.73. The van der Waals surface area contributed by atoms with Gasteiger partial charge in [-0.1, -0.05) is 12.1 Å². The summed E-state index contributed by atoms with van der Waals surface area (Å²) in [6.45, 7) is 3.72. The van der Waals surface area contributed by atoms with Crippen molar-refractivity contribution in [2.75, 3.05) is 0 Å². The van der Waals surface area contributed by atoms with Gasteiger partial charge in [-0.05, 0) is 62.0 Å². The average Bonchev–Trinajstić information content (AvgIpc) is 3.06. The van der Waals surface area contributed by atoms with E-state index in [0.717, 1.165) is 16.5 Å². The van der Waals surface area contributed by atoms with Gasteiger partial charge in [-0.2, -0.15) is 13.2 Å². The fourth-order valence-electron chi connectivity index (χ4n) is 3.16. The Morgan fingerprint density at radius 3 is 2.52 bits per heavy atom. The number of nitrogens with one attached hydrogen (secondary N) is 1. The van der Waals surface area contributed by atoms with Crippen molar-refractivity contribution in [3.63, 3.8) is 0 Å². The van der Waals surface area contributed by atoms with Crippen molar-refractivity contribution in [3.8, 4) is 16.3 Å². The van der Waals surface area contributed by atoms with Gasteiger partial charge < -0.3 is 0 Å². The van der Waals surface area contributed by atoms with Crippen molar-refractivity contribution in [3.05, 3.63) is 73.6 Å². The fraction of sp³-hybridized carbons (Fsp3) is 0.150. The molecule has 0 aliphatic carbocycles. The summed E-state index contributed by atoms with van der Waals surface area (Å²) in [7, 11) is 0. The first kappa shape index (κ1) is 19.5. The van der Waals surface area contributed by atoms with E-state index in [0.29, 0.717) is 10.6 Å². The Bertz CT molecular complexity index is 1370. The highest BCUT2D eigenvalue weighted by atomic mass is 32.1. The lowest BCUT2D eigenvalue weighted by Gasteiger charge is -2.16. The summed E-state index contributed by atoms with van der Waals surface area (Å²) in [6, 6.07) is 11.5. The zero-order valence-corrected chi connectivity index (χ0v) is 16.9. The summed E-state index contributed by atoms with van der Waals surface area (Å²) in [5.74, 6) is 0. The Morgan fingerprint density at radius 2 is 1.90 bits per heavy atom. The molecule has 1 aromatic carbocycles. The number of nitrogens with zero attached hydrogens (tertiary/aromatic N) is 2. The summed E-state index contributed by atoms with van der Waals surface area (Å²) in [5.41, 5.74) is -0.519. The number of fused-ring (bicyclic) bond motifs is 1. The number of hydrogen-bond acceptors (Lipinski definition) is 4. The van der Waals surface area contributed by atoms with Crippen LogP contribution >= 0.6 is 23.6 Å². The van der Waals surface area contributed by atoms with E-state index in [9.17, 15) is 18.0 Å². The highest BCUT2D eigenvalue weighted by Gasteiger charge is 2.35. The van der Waals surface area contributed by atoms with Crippen molar-refractivity contribution in [1.82, 2.24) is 14.5 Å². The molecule has 4 rings (SSSR count). The van der Waals surface area contributed by atoms with E-state index >= 15 is 0 Å². The van der Waals surface area contributed by atoms with Crippen LogP contribution in [0.25, 0.3) is 27.3 Å². The van der Waals surface area contributed by atoms with Gasteiger partial charge in [-0.15, -0.1) is 11.3 Å². The normalized spacial score (nSPS) is 11.9. The number of aromatic nitrogens is 3. The monoisotopic (exact) mass is 433 g/mol. The van der Waals surface area contributed by atoms with Crippen LogP contribution < -0.4 is 5.56 Å². The first-order valence-electron chi connectivity index (χ1n) is 8.56. The van der Waals surface area contributed by atoms with Crippen molar-refractivity contribution in [1.29, 1.82) is 0 Å². The van der Waals surface area contributed by atoms with Crippen LogP contribution in [0.3, 0.4) is 0 Å². The van der Waals surface area contributed by atoms with Crippen LogP contribution in [0.2, 0.25) is 0 Å². The van der Waals surface area contributed by atoms with Crippen LogP contribution in [0, 0.1) is 18.6 Å². The fourth-order valence-corrected chi connectivity index (χ4v) is 4.27. The maximum atomic E-state index is 13.9. The second-order valence-electron chi connectivity index (χ2n) is 6.60. The standard InChI is InChI=1S/C20H14F3N3OS2/c1-10-4-3-5-12(8-10)26-17-16(18(27)25-19(26)28)13(20(21,22)23)9-14(24-17)15-7-6-11(2)29-15/h3-9H,1-2H3,(H,25,27,28). The number of thiophene rings is 1. The summed E-state index contributed by atoms with van der Waals surface area (Å²) in [5, 5.41) is -0.537. The number of hydrogen-bond donors (Lipinski definition) is 1. The van der Waals surface area contributed by atoms with Gasteiger partial charge in [-0.3, -0.25) is 14.3 Å². The van der Waals surface area contributed by atoms with Crippen LogP contribution in [-0.4, -0.2) is 14.5 Å². The molecule has 0 saturated carbocycles. The second kappa shape index (κ2) is 6.93. The predicted molar refractivity (Wildman–Crippen MR) is 110 cm³/mol. The molecule has 0 bridgehead atoms. The van der Waals surface area contributed by atoms with E-state index in [1.165, 1.54) is 15.9 Å². The van der Waals surface area contributed by atoms with Gasteiger partial charge >= 0.3 is 6.18 Å². The Labute approximate surface area is 172 Å². The number of rotatable bonds is 2. The number of pyridine rings is 1. The zero-order valence-electron chi connectivity index (χ0n) is 15.3. The highest BCUT2D eigenvalue weighted by Crippen LogP contribution is 2.37. The first-order chi connectivity index (χ1) is 13.6. The van der Waals surface area contributed by atoms with Crippen LogP contribution in [0.5, 0.6) is 0 Å². The predicted octanol–water partition coefficient (Wildman–Crippen LogP) is 5.81. The first-order valence-corrected chi connectivity index (χ1v) is 9.79. The Kier molecular flexibility index (Phi) is 4.66. The topological polar surface area (TPSA) is 50.7 Å². The largest absolute Gasteiger partial charge is 0.417 e. The molecule has 3 heterocycles. The molecular weight excluding hydrogens is 419 g/mol. The molecule has 0 aliphatic heterocycles. The van der Waals surface area contributed by atoms with Crippen molar-refractivity contribution >= 4 is 34.6 Å². The smallest absolute Gasteiger partial charge is 0.298 e. The number of alkyl halides is 3. The molecule has 0 amide bonds. The maximum Gasteiger partial charge on any atom is 0.417 e. The quantitative estimate of drug-likeness (QED) is 0.406. The van der Waals surface area contributed by atoms with Gasteiger partial charge in [0.05, 0.1) is 27.2 Å². The Balaban J connectivity index is 2.20. The summed E-state index contributed by atoms with van der Waals surface area (Å²) in [6.07, 6.45) is -4.73. The molecule has 29 heavy (non-hydrogen) atoms. The van der Waals surface area contributed by atoms with E-state index in [-0.39, 0.29) is 16.1 Å². The van der Waals surface area contributed by atoms with Gasteiger partial charge in [0, 0.05) is 4.88 Å². The summed E-state index contributed by atoms with van der Waals surface area (Å²) in [4.78, 5) is 20.8. The van der Waals surface area contributed by atoms with E-state index in [2.05, 4.69) is 9.97 Å². The van der Waals surface area contributed by atoms with E-state index < -0.39 is 22.7 Å². The Hall–Kier alpha value is -2.78. The van der Waals surface area contributed by atoms with Gasteiger partial charge in [0.15, 0.2) is 10.4 Å². The molecule has 0 aliphatic rings. The van der Waals surface area contributed by atoms with Crippen LogP contribution in [-0.2, 0) is 6.18 Å². The van der Waals surface area contributed by atoms with E-state index in [4.69, 9.17) is 12.2 Å². The molecule has 0 saturated heterocycles. The molecule has 0 atom stereocenters. The number of aromatic amines is 1. The molecule has 9 heteroatoms. The number of halogens is 3. The molecule has 1 N–H and O–H groups in total. The number of aryl methyl sites for hydroxylation is 2. The molecule has 0 radical (unpaired) electrons. The molecule has 4 nitrogen and oxygen atoms in total. The second-order valence-corrected chi connectivity index (χ2v) is 8.27. The van der Waals surface area contributed by atoms with Crippen molar-refractivity contribution < 1.29 is 13.2 Å². The molecular formula is C20H14F3N3OS2. The lowest BCUT2D eigenvalue weighted by atomic mass is 10.1. The van der Waals surface area contributed by atoms with Crippen LogP contribution in [0.15, 0.2) is 47.3 Å². The maximum absolute atomic E-state index is 13.9. The van der Waals surface area contributed by atoms with Crippen LogP contribution in [0.1, 0.15) is 16.0 Å². The summed E-state index contributed by atoms with van der Waals surface area (Å²) >= 11 is 6.61. The third-order valence-electron chi connectivity index (χ3n) is 4.42. The lowest BCUT2D eigenvalue weighted by molar-refractivity contribution is -0.136. The minimum Gasteiger partial charge on any atom is -0.298 e.